The van der Waals surface area contributed by atoms with Gasteiger partial charge in [-0.2, -0.15) is 0 Å². The molecule has 1 saturated carbocycles. The largest absolute Gasteiger partial charge is 0.327 e. The molecule has 2 atom stereocenters. The molecular formula is C11H24N2O2S. The molecule has 0 aromatic heterocycles. The zero-order chi connectivity index (χ0) is 12.4. The van der Waals surface area contributed by atoms with Gasteiger partial charge in [0.05, 0.1) is 5.75 Å². The Morgan fingerprint density at radius 3 is 2.56 bits per heavy atom. The van der Waals surface area contributed by atoms with Gasteiger partial charge in [0, 0.05) is 25.4 Å². The topological polar surface area (TPSA) is 63.4 Å². The number of nitrogens with zero attached hydrogens (tertiary/aromatic N) is 1. The molecule has 2 N–H and O–H groups in total. The number of hydrogen-bond donors (Lipinski definition) is 1. The molecule has 1 aliphatic rings. The van der Waals surface area contributed by atoms with Crippen molar-refractivity contribution >= 4 is 9.84 Å². The van der Waals surface area contributed by atoms with Crippen molar-refractivity contribution in [3.8, 4) is 0 Å². The lowest BCUT2D eigenvalue weighted by Gasteiger charge is -2.33. The van der Waals surface area contributed by atoms with E-state index < -0.39 is 9.84 Å². The van der Waals surface area contributed by atoms with Crippen LogP contribution in [-0.4, -0.2) is 51.5 Å². The number of hydrogen-bond acceptors (Lipinski definition) is 4. The van der Waals surface area contributed by atoms with Gasteiger partial charge < -0.3 is 10.6 Å². The average molecular weight is 248 g/mol. The monoisotopic (exact) mass is 248 g/mol. The van der Waals surface area contributed by atoms with Crippen LogP contribution in [0.25, 0.3) is 0 Å². The smallest absolute Gasteiger partial charge is 0.148 e. The van der Waals surface area contributed by atoms with E-state index >= 15 is 0 Å². The molecule has 0 bridgehead atoms. The van der Waals surface area contributed by atoms with E-state index in [1.165, 1.54) is 12.7 Å². The molecule has 0 amide bonds. The van der Waals surface area contributed by atoms with Gasteiger partial charge in [-0.1, -0.05) is 13.3 Å². The third-order valence-corrected chi connectivity index (χ3v) is 4.56. The summed E-state index contributed by atoms with van der Waals surface area (Å²) in [6, 6.07) is 0.258. The molecule has 0 radical (unpaired) electrons. The normalized spacial score (nSPS) is 31.2. The fourth-order valence-electron chi connectivity index (χ4n) is 2.47. The lowest BCUT2D eigenvalue weighted by Crippen LogP contribution is -2.44. The van der Waals surface area contributed by atoms with Crippen molar-refractivity contribution in [2.75, 3.05) is 32.1 Å². The van der Waals surface area contributed by atoms with Gasteiger partial charge in [-0.05, 0) is 25.3 Å². The quantitative estimate of drug-likeness (QED) is 0.768. The highest BCUT2D eigenvalue weighted by Gasteiger charge is 2.36. The van der Waals surface area contributed by atoms with Crippen molar-refractivity contribution in [1.82, 2.24) is 4.90 Å². The second-order valence-electron chi connectivity index (χ2n) is 5.52. The standard InChI is InChI=1S/C11H24N2O2S/c1-11(6-4-5-10(11)12)9-13(2)7-8-16(3,14)15/h10H,4-9,12H2,1-3H3. The van der Waals surface area contributed by atoms with E-state index in [9.17, 15) is 8.42 Å². The first-order valence-corrected chi connectivity index (χ1v) is 7.91. The van der Waals surface area contributed by atoms with Gasteiger partial charge in [0.15, 0.2) is 0 Å². The highest BCUT2D eigenvalue weighted by Crippen LogP contribution is 2.37. The Morgan fingerprint density at radius 2 is 2.12 bits per heavy atom. The lowest BCUT2D eigenvalue weighted by atomic mass is 9.85. The van der Waals surface area contributed by atoms with Crippen LogP contribution >= 0.6 is 0 Å². The van der Waals surface area contributed by atoms with Crippen LogP contribution in [0.3, 0.4) is 0 Å². The molecule has 0 saturated heterocycles. The van der Waals surface area contributed by atoms with Crippen molar-refractivity contribution in [2.45, 2.75) is 32.2 Å². The van der Waals surface area contributed by atoms with Crippen LogP contribution in [0.5, 0.6) is 0 Å². The van der Waals surface area contributed by atoms with Gasteiger partial charge in [-0.15, -0.1) is 0 Å². The van der Waals surface area contributed by atoms with Crippen LogP contribution in [0.4, 0.5) is 0 Å². The van der Waals surface area contributed by atoms with E-state index in [0.717, 1.165) is 19.4 Å². The summed E-state index contributed by atoms with van der Waals surface area (Å²) >= 11 is 0. The molecule has 1 fully saturated rings. The van der Waals surface area contributed by atoms with Crippen molar-refractivity contribution in [1.29, 1.82) is 0 Å². The van der Waals surface area contributed by atoms with Crippen LogP contribution < -0.4 is 5.73 Å². The third kappa shape index (κ3) is 4.03. The molecule has 0 spiro atoms. The van der Waals surface area contributed by atoms with Crippen LogP contribution in [-0.2, 0) is 9.84 Å². The average Bonchev–Trinajstić information content (AvgIpc) is 2.43. The fraction of sp³-hybridized carbons (Fsp3) is 1.00. The van der Waals surface area contributed by atoms with E-state index in [1.54, 1.807) is 0 Å². The molecular weight excluding hydrogens is 224 g/mol. The summed E-state index contributed by atoms with van der Waals surface area (Å²) in [6.45, 7) is 3.70. The predicted molar refractivity (Wildman–Crippen MR) is 67.1 cm³/mol. The Balaban J connectivity index is 2.42. The zero-order valence-electron chi connectivity index (χ0n) is 10.6. The minimum Gasteiger partial charge on any atom is -0.327 e. The highest BCUT2D eigenvalue weighted by molar-refractivity contribution is 7.90. The van der Waals surface area contributed by atoms with E-state index in [4.69, 9.17) is 5.73 Å². The Labute approximate surface area is 99.1 Å². The summed E-state index contributed by atoms with van der Waals surface area (Å²) in [5.41, 5.74) is 6.26. The molecule has 4 nitrogen and oxygen atoms in total. The number of nitrogens with two attached hydrogens (primary N) is 1. The second-order valence-corrected chi connectivity index (χ2v) is 7.78. The van der Waals surface area contributed by atoms with E-state index in [1.807, 2.05) is 7.05 Å². The first-order valence-electron chi connectivity index (χ1n) is 5.85. The minimum atomic E-state index is -2.86. The summed E-state index contributed by atoms with van der Waals surface area (Å²) in [7, 11) is -0.885. The summed E-state index contributed by atoms with van der Waals surface area (Å²) in [4.78, 5) is 2.09. The Bertz CT molecular complexity index is 329. The minimum absolute atomic E-state index is 0.159. The van der Waals surface area contributed by atoms with E-state index in [-0.39, 0.29) is 17.2 Å². The van der Waals surface area contributed by atoms with Gasteiger partial charge in [-0.25, -0.2) is 8.42 Å². The van der Waals surface area contributed by atoms with Crippen LogP contribution in [0.2, 0.25) is 0 Å². The van der Waals surface area contributed by atoms with Crippen LogP contribution in [0.1, 0.15) is 26.2 Å². The van der Waals surface area contributed by atoms with Crippen LogP contribution in [0, 0.1) is 5.41 Å². The molecule has 0 aliphatic heterocycles. The van der Waals surface area contributed by atoms with Crippen molar-refractivity contribution in [3.63, 3.8) is 0 Å². The lowest BCUT2D eigenvalue weighted by molar-refractivity contribution is 0.184. The Hall–Kier alpha value is -0.130. The molecule has 0 aromatic carbocycles. The first-order chi connectivity index (χ1) is 7.23. The SMILES string of the molecule is CN(CCS(C)(=O)=O)CC1(C)CCCC1N. The molecule has 5 heteroatoms. The summed E-state index contributed by atoms with van der Waals surface area (Å²) < 4.78 is 22.1. The Morgan fingerprint density at radius 1 is 1.50 bits per heavy atom. The maximum atomic E-state index is 11.1. The maximum Gasteiger partial charge on any atom is 0.148 e. The fourth-order valence-corrected chi connectivity index (χ4v) is 3.12. The highest BCUT2D eigenvalue weighted by atomic mass is 32.2. The Kier molecular flexibility index (Phi) is 4.37. The maximum absolute atomic E-state index is 11.1. The molecule has 0 heterocycles. The van der Waals surface area contributed by atoms with Crippen molar-refractivity contribution in [3.05, 3.63) is 0 Å². The first kappa shape index (κ1) is 13.9. The molecule has 1 rings (SSSR count). The molecule has 0 aromatic rings. The molecule has 2 unspecified atom stereocenters. The number of rotatable bonds is 5. The van der Waals surface area contributed by atoms with Crippen LogP contribution in [0.15, 0.2) is 0 Å². The third-order valence-electron chi connectivity index (χ3n) is 3.63. The van der Waals surface area contributed by atoms with Gasteiger partial charge in [-0.3, -0.25) is 0 Å². The second kappa shape index (κ2) is 5.02. The van der Waals surface area contributed by atoms with Crippen molar-refractivity contribution < 1.29 is 8.42 Å². The zero-order valence-corrected chi connectivity index (χ0v) is 11.4. The van der Waals surface area contributed by atoms with Gasteiger partial charge in [0.2, 0.25) is 0 Å². The van der Waals surface area contributed by atoms with Gasteiger partial charge in [0.25, 0.3) is 0 Å². The number of sulfone groups is 1. The molecule has 96 valence electrons. The predicted octanol–water partition coefficient (Wildman–Crippen LogP) is 0.480. The summed E-state index contributed by atoms with van der Waals surface area (Å²) in [6.07, 6.45) is 4.72. The van der Waals surface area contributed by atoms with Gasteiger partial charge in [0.1, 0.15) is 9.84 Å². The van der Waals surface area contributed by atoms with E-state index in [2.05, 4.69) is 11.8 Å². The van der Waals surface area contributed by atoms with E-state index in [0.29, 0.717) is 6.54 Å². The summed E-state index contributed by atoms with van der Waals surface area (Å²) in [5, 5.41) is 0. The summed E-state index contributed by atoms with van der Waals surface area (Å²) in [5.74, 6) is 0.231. The molecule has 16 heavy (non-hydrogen) atoms. The van der Waals surface area contributed by atoms with Crippen molar-refractivity contribution in [2.24, 2.45) is 11.1 Å². The van der Waals surface area contributed by atoms with Gasteiger partial charge >= 0.3 is 0 Å². The molecule has 1 aliphatic carbocycles.